The van der Waals surface area contributed by atoms with Crippen LogP contribution in [-0.2, 0) is 27.1 Å². The highest BCUT2D eigenvalue weighted by molar-refractivity contribution is 6.36. The smallest absolute Gasteiger partial charge is 0.0887 e. The number of hydrogen-bond acceptors (Lipinski definition) is 2. The summed E-state index contributed by atoms with van der Waals surface area (Å²) >= 11 is 8.11. The summed E-state index contributed by atoms with van der Waals surface area (Å²) < 4.78 is 0. The highest BCUT2D eigenvalue weighted by Crippen LogP contribution is 2.62. The fourth-order valence-electron chi connectivity index (χ4n) is 11.0. The van der Waals surface area contributed by atoms with Gasteiger partial charge >= 0.3 is 0 Å². The zero-order valence-corrected chi connectivity index (χ0v) is 38.9. The van der Waals surface area contributed by atoms with E-state index in [4.69, 9.17) is 11.6 Å². The zero-order chi connectivity index (χ0) is 42.3. The molecule has 4 saturated carbocycles. The van der Waals surface area contributed by atoms with Crippen molar-refractivity contribution in [3.05, 3.63) is 142 Å². The Morgan fingerprint density at radius 2 is 0.644 bits per heavy atom. The molecule has 0 aliphatic heterocycles. The second-order valence-corrected chi connectivity index (χ2v) is 23.3. The molecule has 0 heterocycles. The van der Waals surface area contributed by atoms with Gasteiger partial charge < -0.3 is 9.80 Å². The van der Waals surface area contributed by atoms with Gasteiger partial charge in [0.05, 0.1) is 16.4 Å². The summed E-state index contributed by atoms with van der Waals surface area (Å²) in [6, 6.07) is 41.9. The van der Waals surface area contributed by atoms with E-state index in [2.05, 4.69) is 202 Å². The van der Waals surface area contributed by atoms with Gasteiger partial charge in [0, 0.05) is 22.7 Å². The fraction of sp³-hybridized carbons (Fsp3) is 0.464. The normalized spacial score (nSPS) is 21.8. The van der Waals surface area contributed by atoms with Gasteiger partial charge in [-0.2, -0.15) is 0 Å². The summed E-state index contributed by atoms with van der Waals surface area (Å²) in [5.41, 5.74) is 13.6. The quantitative estimate of drug-likeness (QED) is 0.162. The first-order valence-corrected chi connectivity index (χ1v) is 22.8. The van der Waals surface area contributed by atoms with Gasteiger partial charge in [0.1, 0.15) is 0 Å². The summed E-state index contributed by atoms with van der Waals surface area (Å²) in [4.78, 5) is 4.89. The molecule has 310 valence electrons. The Morgan fingerprint density at radius 3 is 0.864 bits per heavy atom. The Hall–Kier alpha value is -4.01. The first-order valence-electron chi connectivity index (χ1n) is 22.5. The second-order valence-electron chi connectivity index (χ2n) is 22.9. The minimum atomic E-state index is 0.0481. The van der Waals surface area contributed by atoms with Crippen LogP contribution in [0.1, 0.15) is 149 Å². The Balaban J connectivity index is 1.40. The molecule has 4 bridgehead atoms. The minimum absolute atomic E-state index is 0.0481. The Kier molecular flexibility index (Phi) is 10.5. The molecule has 0 unspecified atom stereocenters. The highest BCUT2D eigenvalue weighted by Gasteiger charge is 2.52. The number of nitrogens with zero attached hydrogens (tertiary/aromatic N) is 2. The van der Waals surface area contributed by atoms with E-state index in [1.807, 2.05) is 0 Å². The van der Waals surface area contributed by atoms with Crippen LogP contribution in [0.2, 0.25) is 5.02 Å². The Morgan fingerprint density at radius 1 is 0.407 bits per heavy atom. The number of rotatable bonds is 7. The van der Waals surface area contributed by atoms with Crippen LogP contribution in [0.3, 0.4) is 0 Å². The lowest BCUT2D eigenvalue weighted by molar-refractivity contribution is -0.00515. The van der Waals surface area contributed by atoms with Crippen LogP contribution in [0.5, 0.6) is 0 Å². The van der Waals surface area contributed by atoms with Gasteiger partial charge in [0.25, 0.3) is 0 Å². The number of hydrogen-bond donors (Lipinski definition) is 0. The van der Waals surface area contributed by atoms with E-state index in [9.17, 15) is 0 Å². The van der Waals surface area contributed by atoms with E-state index in [1.54, 1.807) is 0 Å². The third-order valence-corrected chi connectivity index (χ3v) is 14.5. The lowest BCUT2D eigenvalue weighted by Gasteiger charge is -2.57. The van der Waals surface area contributed by atoms with Crippen molar-refractivity contribution in [2.75, 3.05) is 9.80 Å². The molecule has 5 aromatic carbocycles. The van der Waals surface area contributed by atoms with Crippen LogP contribution in [0.25, 0.3) is 0 Å². The molecule has 4 aliphatic carbocycles. The number of anilines is 6. The van der Waals surface area contributed by atoms with Crippen molar-refractivity contribution < 1.29 is 0 Å². The standard InChI is InChI=1S/C56H69ClN2/c1-52(2,3)40-13-21-45(22-14-40)58(46-23-15-41(16-24-46)53(4,5)6)49-32-44(56-34-37-29-38(35-56)31-39(30-37)36-56)33-50(51(49)57)59(47-25-17-42(18-26-47)54(7,8)9)48-27-19-43(20-28-48)55(10,11)12/h13-28,32-33,37-39H,29-31,34-36H2,1-12H3. The average Bonchev–Trinajstić information content (AvgIpc) is 3.15. The van der Waals surface area contributed by atoms with Crippen molar-refractivity contribution in [1.29, 1.82) is 0 Å². The van der Waals surface area contributed by atoms with Gasteiger partial charge in [-0.05, 0) is 172 Å². The predicted molar refractivity (Wildman–Crippen MR) is 255 cm³/mol. The van der Waals surface area contributed by atoms with Gasteiger partial charge in [-0.15, -0.1) is 0 Å². The van der Waals surface area contributed by atoms with Crippen molar-refractivity contribution in [3.63, 3.8) is 0 Å². The molecule has 0 spiro atoms. The average molecular weight is 806 g/mol. The van der Waals surface area contributed by atoms with Crippen molar-refractivity contribution in [1.82, 2.24) is 0 Å². The molecule has 0 saturated heterocycles. The molecule has 0 amide bonds. The summed E-state index contributed by atoms with van der Waals surface area (Å²) in [6.45, 7) is 27.5. The summed E-state index contributed by atoms with van der Waals surface area (Å²) in [7, 11) is 0. The van der Waals surface area contributed by atoms with E-state index < -0.39 is 0 Å². The molecule has 9 rings (SSSR count). The van der Waals surface area contributed by atoms with Gasteiger partial charge in [0.15, 0.2) is 0 Å². The topological polar surface area (TPSA) is 6.48 Å². The Bertz CT molecular complexity index is 1980. The lowest BCUT2D eigenvalue weighted by atomic mass is 9.48. The molecule has 0 aromatic heterocycles. The molecule has 0 atom stereocenters. The maximum absolute atomic E-state index is 8.11. The number of halogens is 1. The van der Waals surface area contributed by atoms with E-state index in [0.29, 0.717) is 0 Å². The first kappa shape index (κ1) is 41.7. The minimum Gasteiger partial charge on any atom is -0.309 e. The molecular formula is C56H69ClN2. The summed E-state index contributed by atoms with van der Waals surface area (Å²) in [6.07, 6.45) is 8.06. The molecule has 0 radical (unpaired) electrons. The van der Waals surface area contributed by atoms with Crippen LogP contribution in [0, 0.1) is 17.8 Å². The first-order chi connectivity index (χ1) is 27.6. The van der Waals surface area contributed by atoms with E-state index in [-0.39, 0.29) is 27.1 Å². The third kappa shape index (κ3) is 8.25. The van der Waals surface area contributed by atoms with E-state index in [1.165, 1.54) is 66.3 Å². The monoisotopic (exact) mass is 805 g/mol. The van der Waals surface area contributed by atoms with Crippen molar-refractivity contribution >= 4 is 45.7 Å². The molecule has 2 nitrogen and oxygen atoms in total. The van der Waals surface area contributed by atoms with Crippen LogP contribution in [0.4, 0.5) is 34.1 Å². The van der Waals surface area contributed by atoms with Crippen LogP contribution < -0.4 is 9.80 Å². The molecule has 5 aromatic rings. The summed E-state index contributed by atoms with van der Waals surface area (Å²) in [5.74, 6) is 2.46. The maximum atomic E-state index is 8.11. The zero-order valence-electron chi connectivity index (χ0n) is 38.1. The van der Waals surface area contributed by atoms with E-state index in [0.717, 1.165) is 56.9 Å². The Labute approximate surface area is 362 Å². The summed E-state index contributed by atoms with van der Waals surface area (Å²) in [5, 5.41) is 0.762. The number of benzene rings is 5. The predicted octanol–water partition coefficient (Wildman–Crippen LogP) is 16.9. The van der Waals surface area contributed by atoms with Gasteiger partial charge in [0.2, 0.25) is 0 Å². The van der Waals surface area contributed by atoms with Crippen LogP contribution >= 0.6 is 11.6 Å². The van der Waals surface area contributed by atoms with Gasteiger partial charge in [-0.3, -0.25) is 0 Å². The lowest BCUT2D eigenvalue weighted by Crippen LogP contribution is -2.48. The molecule has 3 heteroatoms. The van der Waals surface area contributed by atoms with Crippen molar-refractivity contribution in [3.8, 4) is 0 Å². The maximum Gasteiger partial charge on any atom is 0.0887 e. The van der Waals surface area contributed by atoms with Crippen molar-refractivity contribution in [2.24, 2.45) is 17.8 Å². The van der Waals surface area contributed by atoms with Crippen LogP contribution in [0.15, 0.2) is 109 Å². The molecule has 4 fully saturated rings. The van der Waals surface area contributed by atoms with Crippen LogP contribution in [-0.4, -0.2) is 0 Å². The van der Waals surface area contributed by atoms with Gasteiger partial charge in [-0.1, -0.05) is 143 Å². The third-order valence-electron chi connectivity index (χ3n) is 14.1. The molecular weight excluding hydrogens is 736 g/mol. The van der Waals surface area contributed by atoms with Gasteiger partial charge in [-0.25, -0.2) is 0 Å². The highest BCUT2D eigenvalue weighted by atomic mass is 35.5. The molecule has 4 aliphatic rings. The fourth-order valence-corrected chi connectivity index (χ4v) is 11.3. The largest absolute Gasteiger partial charge is 0.309 e. The second kappa shape index (κ2) is 14.9. The van der Waals surface area contributed by atoms with E-state index >= 15 is 0 Å². The molecule has 0 N–H and O–H groups in total. The SMILES string of the molecule is CC(C)(C)c1ccc(N(c2ccc(C(C)(C)C)cc2)c2cc(C34CC5CC(CC(C5)C3)C4)cc(N(c3ccc(C(C)(C)C)cc3)c3ccc(C(C)(C)C)cc3)c2Cl)cc1. The van der Waals surface area contributed by atoms with Crippen molar-refractivity contribution in [2.45, 2.75) is 149 Å². The molecule has 59 heavy (non-hydrogen) atoms.